The van der Waals surface area contributed by atoms with E-state index in [2.05, 4.69) is 10.6 Å². The standard InChI is InChI=1S/C16H23N3O3/c1-6-19(16(3,4)5)15(22)14(21)18-13-9-7-8-12(10-13)17-11(2)20/h7-10H,6H2,1-5H3,(H,17,20)(H,18,21). The Balaban J connectivity index is 2.84. The van der Waals surface area contributed by atoms with E-state index < -0.39 is 17.4 Å². The van der Waals surface area contributed by atoms with Gasteiger partial charge in [0.15, 0.2) is 0 Å². The number of hydrogen-bond donors (Lipinski definition) is 2. The van der Waals surface area contributed by atoms with E-state index in [1.54, 1.807) is 24.3 Å². The molecule has 0 atom stereocenters. The first kappa shape index (κ1) is 17.7. The van der Waals surface area contributed by atoms with Crippen LogP contribution in [0, 0.1) is 0 Å². The Bertz CT molecular complexity index is 576. The summed E-state index contributed by atoms with van der Waals surface area (Å²) in [5, 5.41) is 5.18. The molecule has 0 unspecified atom stereocenters. The van der Waals surface area contributed by atoms with Crippen LogP contribution in [0.25, 0.3) is 0 Å². The molecule has 3 amide bonds. The van der Waals surface area contributed by atoms with E-state index in [4.69, 9.17) is 0 Å². The number of nitrogens with one attached hydrogen (secondary N) is 2. The molecular weight excluding hydrogens is 282 g/mol. The third-order valence-corrected chi connectivity index (χ3v) is 3.01. The smallest absolute Gasteiger partial charge is 0.313 e. The van der Waals surface area contributed by atoms with Crippen molar-refractivity contribution < 1.29 is 14.4 Å². The molecule has 0 aromatic heterocycles. The second kappa shape index (κ2) is 7.06. The highest BCUT2D eigenvalue weighted by atomic mass is 16.2. The zero-order chi connectivity index (χ0) is 16.9. The summed E-state index contributed by atoms with van der Waals surface area (Å²) in [5.74, 6) is -1.49. The Morgan fingerprint density at radius 3 is 2.09 bits per heavy atom. The molecule has 0 spiro atoms. The first-order valence-electron chi connectivity index (χ1n) is 7.15. The maximum absolute atomic E-state index is 12.2. The highest BCUT2D eigenvalue weighted by Gasteiger charge is 2.29. The minimum Gasteiger partial charge on any atom is -0.330 e. The monoisotopic (exact) mass is 305 g/mol. The highest BCUT2D eigenvalue weighted by molar-refractivity contribution is 6.39. The van der Waals surface area contributed by atoms with Crippen molar-refractivity contribution in [2.24, 2.45) is 0 Å². The molecule has 1 rings (SSSR count). The Labute approximate surface area is 130 Å². The Kier molecular flexibility index (Phi) is 5.68. The van der Waals surface area contributed by atoms with E-state index in [-0.39, 0.29) is 5.91 Å². The number of likely N-dealkylation sites (N-methyl/N-ethyl adjacent to an activating group) is 1. The van der Waals surface area contributed by atoms with Crippen LogP contribution in [-0.4, -0.2) is 34.7 Å². The maximum atomic E-state index is 12.2. The van der Waals surface area contributed by atoms with Gasteiger partial charge in [0, 0.05) is 30.4 Å². The summed E-state index contributed by atoms with van der Waals surface area (Å²) < 4.78 is 0. The number of anilines is 2. The molecule has 0 radical (unpaired) electrons. The van der Waals surface area contributed by atoms with Crippen molar-refractivity contribution in [3.63, 3.8) is 0 Å². The molecule has 0 saturated carbocycles. The van der Waals surface area contributed by atoms with Crippen molar-refractivity contribution in [1.29, 1.82) is 0 Å². The van der Waals surface area contributed by atoms with E-state index >= 15 is 0 Å². The minimum absolute atomic E-state index is 0.204. The molecule has 0 aliphatic carbocycles. The Hall–Kier alpha value is -2.37. The van der Waals surface area contributed by atoms with Crippen LogP contribution >= 0.6 is 0 Å². The first-order chi connectivity index (χ1) is 10.1. The number of rotatable bonds is 3. The lowest BCUT2D eigenvalue weighted by molar-refractivity contribution is -0.146. The van der Waals surface area contributed by atoms with Gasteiger partial charge in [0.25, 0.3) is 0 Å². The first-order valence-corrected chi connectivity index (χ1v) is 7.15. The van der Waals surface area contributed by atoms with Gasteiger partial charge in [0.2, 0.25) is 5.91 Å². The lowest BCUT2D eigenvalue weighted by Gasteiger charge is -2.34. The molecular formula is C16H23N3O3. The van der Waals surface area contributed by atoms with Gasteiger partial charge in [-0.1, -0.05) is 6.07 Å². The van der Waals surface area contributed by atoms with Gasteiger partial charge in [-0.3, -0.25) is 14.4 Å². The van der Waals surface area contributed by atoms with Crippen molar-refractivity contribution in [2.75, 3.05) is 17.2 Å². The van der Waals surface area contributed by atoms with E-state index in [1.165, 1.54) is 11.8 Å². The largest absolute Gasteiger partial charge is 0.330 e. The van der Waals surface area contributed by atoms with Crippen LogP contribution in [0.3, 0.4) is 0 Å². The van der Waals surface area contributed by atoms with Crippen molar-refractivity contribution in [1.82, 2.24) is 4.90 Å². The van der Waals surface area contributed by atoms with Gasteiger partial charge in [-0.25, -0.2) is 0 Å². The second-order valence-electron chi connectivity index (χ2n) is 5.94. The van der Waals surface area contributed by atoms with Crippen LogP contribution in [0.5, 0.6) is 0 Å². The van der Waals surface area contributed by atoms with Crippen LogP contribution in [0.15, 0.2) is 24.3 Å². The minimum atomic E-state index is -0.697. The average molecular weight is 305 g/mol. The summed E-state index contributed by atoms with van der Waals surface area (Å²) in [6, 6.07) is 6.64. The number of amides is 3. The maximum Gasteiger partial charge on any atom is 0.313 e. The number of carbonyl (C=O) groups is 3. The van der Waals surface area contributed by atoms with E-state index in [9.17, 15) is 14.4 Å². The summed E-state index contributed by atoms with van der Waals surface area (Å²) in [4.78, 5) is 36.9. The highest BCUT2D eigenvalue weighted by Crippen LogP contribution is 2.17. The molecule has 0 heterocycles. The van der Waals surface area contributed by atoms with Crippen LogP contribution in [0.1, 0.15) is 34.6 Å². The molecule has 1 aromatic carbocycles. The molecule has 0 fully saturated rings. The predicted octanol–water partition coefficient (Wildman–Crippen LogP) is 2.23. The van der Waals surface area contributed by atoms with Gasteiger partial charge in [-0.2, -0.15) is 0 Å². The van der Waals surface area contributed by atoms with E-state index in [1.807, 2.05) is 27.7 Å². The third-order valence-electron chi connectivity index (χ3n) is 3.01. The van der Waals surface area contributed by atoms with Crippen molar-refractivity contribution in [2.45, 2.75) is 40.2 Å². The lowest BCUT2D eigenvalue weighted by Crippen LogP contribution is -2.49. The number of hydrogen-bond acceptors (Lipinski definition) is 3. The average Bonchev–Trinajstić information content (AvgIpc) is 2.37. The van der Waals surface area contributed by atoms with Crippen LogP contribution in [0.4, 0.5) is 11.4 Å². The molecule has 0 bridgehead atoms. The summed E-state index contributed by atoms with van der Waals surface area (Å²) in [6.45, 7) is 9.30. The third kappa shape index (κ3) is 4.87. The zero-order valence-corrected chi connectivity index (χ0v) is 13.7. The fourth-order valence-electron chi connectivity index (χ4n) is 2.11. The SMILES string of the molecule is CCN(C(=O)C(=O)Nc1cccc(NC(C)=O)c1)C(C)(C)C. The van der Waals surface area contributed by atoms with Gasteiger partial charge in [0.1, 0.15) is 0 Å². The summed E-state index contributed by atoms with van der Waals surface area (Å²) in [6.07, 6.45) is 0. The molecule has 6 heteroatoms. The van der Waals surface area contributed by atoms with Crippen LogP contribution in [-0.2, 0) is 14.4 Å². The van der Waals surface area contributed by atoms with Gasteiger partial charge in [0.05, 0.1) is 0 Å². The van der Waals surface area contributed by atoms with Gasteiger partial charge >= 0.3 is 11.8 Å². The molecule has 2 N–H and O–H groups in total. The molecule has 0 aliphatic rings. The van der Waals surface area contributed by atoms with Gasteiger partial charge in [-0.05, 0) is 45.9 Å². The predicted molar refractivity (Wildman–Crippen MR) is 86.5 cm³/mol. The number of nitrogens with zero attached hydrogens (tertiary/aromatic N) is 1. The number of benzene rings is 1. The molecule has 120 valence electrons. The van der Waals surface area contributed by atoms with Crippen molar-refractivity contribution >= 4 is 29.1 Å². The molecule has 0 aliphatic heterocycles. The van der Waals surface area contributed by atoms with E-state index in [0.717, 1.165) is 0 Å². The molecule has 1 aromatic rings. The number of carbonyl (C=O) groups excluding carboxylic acids is 3. The molecule has 22 heavy (non-hydrogen) atoms. The van der Waals surface area contributed by atoms with Crippen molar-refractivity contribution in [3.8, 4) is 0 Å². The summed E-state index contributed by atoms with van der Waals surface area (Å²) in [5.41, 5.74) is 0.580. The second-order valence-corrected chi connectivity index (χ2v) is 5.94. The fraction of sp³-hybridized carbons (Fsp3) is 0.438. The Morgan fingerprint density at radius 1 is 1.09 bits per heavy atom. The van der Waals surface area contributed by atoms with Crippen molar-refractivity contribution in [3.05, 3.63) is 24.3 Å². The van der Waals surface area contributed by atoms with Gasteiger partial charge < -0.3 is 15.5 Å². The van der Waals surface area contributed by atoms with Crippen LogP contribution in [0.2, 0.25) is 0 Å². The Morgan fingerprint density at radius 2 is 1.64 bits per heavy atom. The topological polar surface area (TPSA) is 78.5 Å². The van der Waals surface area contributed by atoms with Gasteiger partial charge in [-0.15, -0.1) is 0 Å². The summed E-state index contributed by atoms with van der Waals surface area (Å²) in [7, 11) is 0. The van der Waals surface area contributed by atoms with Crippen LogP contribution < -0.4 is 10.6 Å². The fourth-order valence-corrected chi connectivity index (χ4v) is 2.11. The zero-order valence-electron chi connectivity index (χ0n) is 13.7. The normalized spacial score (nSPS) is 10.8. The van der Waals surface area contributed by atoms with E-state index in [0.29, 0.717) is 17.9 Å². The summed E-state index contributed by atoms with van der Waals surface area (Å²) >= 11 is 0. The molecule has 6 nitrogen and oxygen atoms in total. The lowest BCUT2D eigenvalue weighted by atomic mass is 10.1. The molecule has 0 saturated heterocycles. The quantitative estimate of drug-likeness (QED) is 0.841.